The number of hydrogen-bond acceptors (Lipinski definition) is 1. The molecule has 0 amide bonds. The highest BCUT2D eigenvalue weighted by Gasteiger charge is 2.17. The molecule has 0 saturated carbocycles. The van der Waals surface area contributed by atoms with E-state index in [-0.39, 0.29) is 0 Å². The summed E-state index contributed by atoms with van der Waals surface area (Å²) >= 11 is 11.8. The van der Waals surface area contributed by atoms with Crippen LogP contribution in [0.2, 0.25) is 10.0 Å². The number of hydrogen-bond donors (Lipinski definition) is 1. The van der Waals surface area contributed by atoms with Gasteiger partial charge >= 0.3 is 0 Å². The molecule has 0 unspecified atom stereocenters. The maximum absolute atomic E-state index is 5.90. The number of nitrogens with two attached hydrogens (primary N) is 1. The lowest BCUT2D eigenvalue weighted by Crippen LogP contribution is -1.95. The molecule has 12 heavy (non-hydrogen) atoms. The highest BCUT2D eigenvalue weighted by Crippen LogP contribution is 2.37. The minimum absolute atomic E-state index is 0.511. The van der Waals surface area contributed by atoms with Crippen LogP contribution < -0.4 is 5.73 Å². The molecule has 0 aliphatic heterocycles. The monoisotopic (exact) mass is 201 g/mol. The summed E-state index contributed by atoms with van der Waals surface area (Å²) in [5.74, 6) is 0. The lowest BCUT2D eigenvalue weighted by atomic mass is 10.1. The van der Waals surface area contributed by atoms with Gasteiger partial charge in [-0.15, -0.1) is 0 Å². The van der Waals surface area contributed by atoms with Crippen molar-refractivity contribution in [3.8, 4) is 0 Å². The van der Waals surface area contributed by atoms with Gasteiger partial charge in [-0.2, -0.15) is 0 Å². The second kappa shape index (κ2) is 2.82. The number of anilines is 1. The van der Waals surface area contributed by atoms with Crippen LogP contribution in [-0.4, -0.2) is 0 Å². The first-order valence-electron chi connectivity index (χ1n) is 3.95. The zero-order valence-corrected chi connectivity index (χ0v) is 8.04. The van der Waals surface area contributed by atoms with Gasteiger partial charge in [-0.1, -0.05) is 23.2 Å². The number of rotatable bonds is 0. The molecule has 1 aromatic carbocycles. The Labute approximate surface area is 81.5 Å². The van der Waals surface area contributed by atoms with E-state index < -0.39 is 0 Å². The maximum atomic E-state index is 5.90. The third kappa shape index (κ3) is 1.08. The predicted molar refractivity (Wildman–Crippen MR) is 52.9 cm³/mol. The van der Waals surface area contributed by atoms with Gasteiger partial charge in [0.25, 0.3) is 0 Å². The average molecular weight is 202 g/mol. The van der Waals surface area contributed by atoms with E-state index >= 15 is 0 Å². The largest absolute Gasteiger partial charge is 0.397 e. The van der Waals surface area contributed by atoms with Crippen molar-refractivity contribution in [2.45, 2.75) is 19.3 Å². The van der Waals surface area contributed by atoms with Crippen molar-refractivity contribution in [1.82, 2.24) is 0 Å². The number of aryl methyl sites for hydroxylation is 1. The second-order valence-corrected chi connectivity index (χ2v) is 3.86. The fourth-order valence-electron chi connectivity index (χ4n) is 1.71. The zero-order chi connectivity index (χ0) is 8.72. The van der Waals surface area contributed by atoms with Crippen molar-refractivity contribution < 1.29 is 0 Å². The Morgan fingerprint density at radius 3 is 2.75 bits per heavy atom. The van der Waals surface area contributed by atoms with Crippen molar-refractivity contribution in [3.05, 3.63) is 27.2 Å². The molecular formula is C9H9Cl2N. The lowest BCUT2D eigenvalue weighted by Gasteiger charge is -2.07. The van der Waals surface area contributed by atoms with Crippen LogP contribution in [0.15, 0.2) is 6.07 Å². The van der Waals surface area contributed by atoms with Gasteiger partial charge in [0.1, 0.15) is 0 Å². The molecule has 1 nitrogen and oxygen atoms in total. The Morgan fingerprint density at radius 1 is 1.25 bits per heavy atom. The van der Waals surface area contributed by atoms with E-state index in [1.165, 1.54) is 11.1 Å². The Bertz CT molecular complexity index is 334. The molecule has 64 valence electrons. The molecule has 0 atom stereocenters. The van der Waals surface area contributed by atoms with Gasteiger partial charge in [0.2, 0.25) is 0 Å². The number of fused-ring (bicyclic) bond motifs is 1. The molecule has 0 heterocycles. The van der Waals surface area contributed by atoms with Crippen LogP contribution in [0.1, 0.15) is 17.5 Å². The Kier molecular flexibility index (Phi) is 1.93. The molecule has 0 spiro atoms. The summed E-state index contributed by atoms with van der Waals surface area (Å²) in [6.07, 6.45) is 3.28. The third-order valence-corrected chi connectivity index (χ3v) is 3.13. The van der Waals surface area contributed by atoms with Crippen LogP contribution in [0.5, 0.6) is 0 Å². The summed E-state index contributed by atoms with van der Waals surface area (Å²) in [5.41, 5.74) is 8.96. The van der Waals surface area contributed by atoms with Crippen molar-refractivity contribution in [1.29, 1.82) is 0 Å². The first-order valence-corrected chi connectivity index (χ1v) is 4.71. The van der Waals surface area contributed by atoms with Gasteiger partial charge in [-0.3, -0.25) is 0 Å². The topological polar surface area (TPSA) is 26.0 Å². The Morgan fingerprint density at radius 2 is 2.00 bits per heavy atom. The summed E-state index contributed by atoms with van der Waals surface area (Å²) in [5, 5.41) is 1.09. The Balaban J connectivity index is 2.67. The van der Waals surface area contributed by atoms with E-state index in [1.807, 2.05) is 6.07 Å². The quantitative estimate of drug-likeness (QED) is 0.642. The summed E-state index contributed by atoms with van der Waals surface area (Å²) in [6, 6.07) is 1.93. The number of benzene rings is 1. The molecule has 0 fully saturated rings. The Hall–Kier alpha value is -0.400. The molecule has 1 aliphatic carbocycles. The van der Waals surface area contributed by atoms with Crippen LogP contribution >= 0.6 is 23.2 Å². The normalized spacial score (nSPS) is 14.8. The lowest BCUT2D eigenvalue weighted by molar-refractivity contribution is 0.912. The van der Waals surface area contributed by atoms with Crippen LogP contribution in [-0.2, 0) is 12.8 Å². The average Bonchev–Trinajstić information content (AvgIpc) is 2.48. The maximum Gasteiger partial charge on any atom is 0.0824 e. The fraction of sp³-hybridized carbons (Fsp3) is 0.333. The van der Waals surface area contributed by atoms with Gasteiger partial charge in [0, 0.05) is 0 Å². The van der Waals surface area contributed by atoms with E-state index in [0.717, 1.165) is 19.3 Å². The molecule has 0 saturated heterocycles. The molecular weight excluding hydrogens is 193 g/mol. The summed E-state index contributed by atoms with van der Waals surface area (Å²) in [4.78, 5) is 0. The molecule has 2 N–H and O–H groups in total. The molecule has 0 radical (unpaired) electrons. The van der Waals surface area contributed by atoms with Gasteiger partial charge in [-0.25, -0.2) is 0 Å². The SMILES string of the molecule is Nc1c(Cl)c(Cl)cc2c1CCC2. The number of halogens is 2. The summed E-state index contributed by atoms with van der Waals surface area (Å²) in [7, 11) is 0. The van der Waals surface area contributed by atoms with Crippen molar-refractivity contribution in [2.24, 2.45) is 0 Å². The molecule has 0 bridgehead atoms. The summed E-state index contributed by atoms with van der Waals surface area (Å²) in [6.45, 7) is 0. The summed E-state index contributed by atoms with van der Waals surface area (Å²) < 4.78 is 0. The van der Waals surface area contributed by atoms with Crippen molar-refractivity contribution >= 4 is 28.9 Å². The van der Waals surface area contributed by atoms with Crippen LogP contribution in [0.4, 0.5) is 5.69 Å². The van der Waals surface area contributed by atoms with Gasteiger partial charge < -0.3 is 5.73 Å². The van der Waals surface area contributed by atoms with E-state index in [4.69, 9.17) is 28.9 Å². The minimum atomic E-state index is 0.511. The van der Waals surface area contributed by atoms with Gasteiger partial charge in [0.15, 0.2) is 0 Å². The third-order valence-electron chi connectivity index (χ3n) is 2.33. The second-order valence-electron chi connectivity index (χ2n) is 3.08. The van der Waals surface area contributed by atoms with E-state index in [0.29, 0.717) is 15.7 Å². The van der Waals surface area contributed by atoms with Crippen LogP contribution in [0.25, 0.3) is 0 Å². The van der Waals surface area contributed by atoms with Crippen molar-refractivity contribution in [3.63, 3.8) is 0 Å². The van der Waals surface area contributed by atoms with Gasteiger partial charge in [-0.05, 0) is 36.5 Å². The van der Waals surface area contributed by atoms with E-state index in [9.17, 15) is 0 Å². The van der Waals surface area contributed by atoms with Gasteiger partial charge in [0.05, 0.1) is 15.7 Å². The standard InChI is InChI=1S/C9H9Cl2N/c10-7-4-5-2-1-3-6(5)9(12)8(7)11/h4H,1-3,12H2. The molecule has 2 rings (SSSR count). The molecule has 1 aliphatic rings. The number of nitrogen functional groups attached to an aromatic ring is 1. The van der Waals surface area contributed by atoms with Crippen molar-refractivity contribution in [2.75, 3.05) is 5.73 Å². The van der Waals surface area contributed by atoms with E-state index in [1.54, 1.807) is 0 Å². The smallest absolute Gasteiger partial charge is 0.0824 e. The van der Waals surface area contributed by atoms with Crippen LogP contribution in [0.3, 0.4) is 0 Å². The first kappa shape index (κ1) is 8.21. The van der Waals surface area contributed by atoms with E-state index in [2.05, 4.69) is 0 Å². The fourth-order valence-corrected chi connectivity index (χ4v) is 2.11. The zero-order valence-electron chi connectivity index (χ0n) is 6.53. The first-order chi connectivity index (χ1) is 5.70. The molecule has 0 aromatic heterocycles. The molecule has 1 aromatic rings. The predicted octanol–water partition coefficient (Wildman–Crippen LogP) is 3.06. The highest BCUT2D eigenvalue weighted by atomic mass is 35.5. The molecule has 3 heteroatoms. The highest BCUT2D eigenvalue weighted by molar-refractivity contribution is 6.43. The minimum Gasteiger partial charge on any atom is -0.397 e. The van der Waals surface area contributed by atoms with Crippen LogP contribution in [0, 0.1) is 0 Å².